The van der Waals surface area contributed by atoms with Crippen molar-refractivity contribution in [1.29, 1.82) is 0 Å². The summed E-state index contributed by atoms with van der Waals surface area (Å²) in [5, 5.41) is 3.41. The Hall–Kier alpha value is -1.81. The highest BCUT2D eigenvalue weighted by Gasteiger charge is 2.29. The maximum atomic E-state index is 10.9. The fourth-order valence-corrected chi connectivity index (χ4v) is 3.50. The minimum Gasteiger partial charge on any atom is -0.484 e. The van der Waals surface area contributed by atoms with E-state index in [-0.39, 0.29) is 30.6 Å². The molecule has 0 bridgehead atoms. The first-order chi connectivity index (χ1) is 13.2. The van der Waals surface area contributed by atoms with Gasteiger partial charge in [-0.2, -0.15) is 0 Å². The summed E-state index contributed by atoms with van der Waals surface area (Å²) in [4.78, 5) is 20.5. The van der Waals surface area contributed by atoms with Gasteiger partial charge in [-0.15, -0.1) is 24.0 Å². The Labute approximate surface area is 184 Å². The molecule has 154 valence electrons. The first-order valence-corrected chi connectivity index (χ1v) is 9.58. The number of ether oxygens (including phenoxy) is 1. The number of carbonyl (C=O) groups excluding carboxylic acids is 1. The zero-order valence-corrected chi connectivity index (χ0v) is 18.7. The predicted octanol–water partition coefficient (Wildman–Crippen LogP) is 1.58. The highest BCUT2D eigenvalue weighted by Crippen LogP contribution is 2.19. The van der Waals surface area contributed by atoms with E-state index in [0.717, 1.165) is 44.2 Å². The molecule has 1 unspecified atom stereocenters. The molecule has 3 N–H and O–H groups in total. The highest BCUT2D eigenvalue weighted by molar-refractivity contribution is 14.0. The van der Waals surface area contributed by atoms with Crippen LogP contribution in [0.4, 0.5) is 0 Å². The molecule has 0 aliphatic carbocycles. The van der Waals surface area contributed by atoms with Gasteiger partial charge in [0.05, 0.1) is 6.54 Å². The van der Waals surface area contributed by atoms with Gasteiger partial charge < -0.3 is 20.7 Å². The highest BCUT2D eigenvalue weighted by atomic mass is 127. The van der Waals surface area contributed by atoms with Crippen molar-refractivity contribution in [3.63, 3.8) is 0 Å². The van der Waals surface area contributed by atoms with E-state index in [4.69, 9.17) is 15.5 Å². The molecule has 1 fully saturated rings. The number of hydrogen-bond donors (Lipinski definition) is 2. The van der Waals surface area contributed by atoms with E-state index in [1.807, 2.05) is 24.3 Å². The zero-order chi connectivity index (χ0) is 19.1. The molecule has 1 atom stereocenters. The van der Waals surface area contributed by atoms with Gasteiger partial charge in [-0.1, -0.05) is 24.3 Å². The van der Waals surface area contributed by atoms with Crippen LogP contribution in [0.2, 0.25) is 0 Å². The van der Waals surface area contributed by atoms with Gasteiger partial charge in [0.15, 0.2) is 12.6 Å². The molecule has 2 aliphatic heterocycles. The summed E-state index contributed by atoms with van der Waals surface area (Å²) in [7, 11) is 0. The summed E-state index contributed by atoms with van der Waals surface area (Å²) in [6.07, 6.45) is 5.66. The lowest BCUT2D eigenvalue weighted by atomic mass is 10.2. The molecule has 1 aromatic carbocycles. The summed E-state index contributed by atoms with van der Waals surface area (Å²) in [6, 6.07) is 8.22. The van der Waals surface area contributed by atoms with E-state index in [0.29, 0.717) is 18.3 Å². The van der Waals surface area contributed by atoms with Crippen LogP contribution < -0.4 is 15.8 Å². The number of guanidine groups is 1. The number of nitrogens with two attached hydrogens (primary N) is 1. The Balaban J connectivity index is 0.00000280. The topological polar surface area (TPSA) is 83.2 Å². The number of nitrogens with zero attached hydrogens (tertiary/aromatic N) is 3. The Morgan fingerprint density at radius 1 is 1.36 bits per heavy atom. The van der Waals surface area contributed by atoms with Crippen LogP contribution in [0.1, 0.15) is 18.9 Å². The van der Waals surface area contributed by atoms with Crippen molar-refractivity contribution in [3.05, 3.63) is 42.0 Å². The summed E-state index contributed by atoms with van der Waals surface area (Å²) >= 11 is 0. The maximum absolute atomic E-state index is 10.9. The molecule has 1 aromatic rings. The molecule has 8 heteroatoms. The van der Waals surface area contributed by atoms with Crippen LogP contribution in [0, 0.1) is 0 Å². The summed E-state index contributed by atoms with van der Waals surface area (Å²) in [5.74, 6) is 1.11. The third kappa shape index (κ3) is 6.37. The summed E-state index contributed by atoms with van der Waals surface area (Å²) in [6.45, 7) is 7.52. The van der Waals surface area contributed by atoms with Crippen molar-refractivity contribution in [1.82, 2.24) is 15.1 Å². The van der Waals surface area contributed by atoms with Gasteiger partial charge in [0.25, 0.3) is 5.91 Å². The van der Waals surface area contributed by atoms with Crippen molar-refractivity contribution in [2.75, 3.05) is 39.3 Å². The van der Waals surface area contributed by atoms with Gasteiger partial charge in [-0.3, -0.25) is 9.69 Å². The fourth-order valence-electron chi connectivity index (χ4n) is 3.50. The third-order valence-corrected chi connectivity index (χ3v) is 4.85. The maximum Gasteiger partial charge on any atom is 0.255 e. The number of carbonyl (C=O) groups is 1. The lowest BCUT2D eigenvalue weighted by Gasteiger charge is -2.25. The second-order valence-electron chi connectivity index (χ2n) is 6.89. The van der Waals surface area contributed by atoms with Crippen LogP contribution in [0.5, 0.6) is 5.75 Å². The molecule has 1 amide bonds. The molecule has 7 nitrogen and oxygen atoms in total. The van der Waals surface area contributed by atoms with E-state index in [2.05, 4.69) is 34.2 Å². The number of rotatable bonds is 7. The molecule has 28 heavy (non-hydrogen) atoms. The number of likely N-dealkylation sites (tertiary alicyclic amines) is 1. The monoisotopic (exact) mass is 499 g/mol. The Morgan fingerprint density at radius 3 is 2.86 bits per heavy atom. The number of nitrogens with one attached hydrogen (secondary N) is 1. The minimum atomic E-state index is -0.482. The van der Waals surface area contributed by atoms with Crippen molar-refractivity contribution >= 4 is 35.8 Å². The SMILES string of the molecule is CCNC(=NCc1cccc(OCC(N)=O)c1)N1CCC(N2CC=CC2)C1.I. The molecule has 0 radical (unpaired) electrons. The second kappa shape index (κ2) is 11.3. The summed E-state index contributed by atoms with van der Waals surface area (Å²) < 4.78 is 5.37. The Kier molecular flexibility index (Phi) is 9.04. The average Bonchev–Trinajstić information content (AvgIpc) is 3.35. The summed E-state index contributed by atoms with van der Waals surface area (Å²) in [5.41, 5.74) is 6.16. The number of amides is 1. The molecular formula is C20H30IN5O2. The van der Waals surface area contributed by atoms with Crippen LogP contribution in [0.15, 0.2) is 41.4 Å². The molecule has 1 saturated heterocycles. The van der Waals surface area contributed by atoms with Crippen LogP contribution >= 0.6 is 24.0 Å². The molecular weight excluding hydrogens is 469 g/mol. The fraction of sp³-hybridized carbons (Fsp3) is 0.500. The van der Waals surface area contributed by atoms with E-state index < -0.39 is 5.91 Å². The van der Waals surface area contributed by atoms with Crippen LogP contribution in [0.25, 0.3) is 0 Å². The Bertz CT molecular complexity index is 702. The number of aliphatic imine (C=N–C) groups is 1. The number of primary amides is 1. The lowest BCUT2D eigenvalue weighted by Crippen LogP contribution is -2.42. The normalized spacial score (nSPS) is 19.5. The van der Waals surface area contributed by atoms with E-state index >= 15 is 0 Å². The second-order valence-corrected chi connectivity index (χ2v) is 6.89. The van der Waals surface area contributed by atoms with E-state index in [9.17, 15) is 4.79 Å². The number of halogens is 1. The number of hydrogen-bond acceptors (Lipinski definition) is 4. The largest absolute Gasteiger partial charge is 0.484 e. The Morgan fingerprint density at radius 2 is 2.14 bits per heavy atom. The average molecular weight is 499 g/mol. The van der Waals surface area contributed by atoms with Gasteiger partial charge >= 0.3 is 0 Å². The first kappa shape index (κ1) is 22.5. The first-order valence-electron chi connectivity index (χ1n) is 9.58. The molecule has 0 spiro atoms. The molecule has 3 rings (SSSR count). The molecule has 0 saturated carbocycles. The third-order valence-electron chi connectivity index (χ3n) is 4.85. The standard InChI is InChI=1S/C20H29N5O2.HI/c1-2-22-20(25-11-8-17(14-25)24-9-3-4-10-24)23-13-16-6-5-7-18(12-16)27-15-19(21)26;/h3-7,12,17H,2,8-11,13-15H2,1H3,(H2,21,26)(H,22,23);1H. The molecule has 2 aliphatic rings. The zero-order valence-electron chi connectivity index (χ0n) is 16.3. The van der Waals surface area contributed by atoms with Crippen LogP contribution in [-0.4, -0.2) is 67.0 Å². The van der Waals surface area contributed by atoms with E-state index in [1.54, 1.807) is 0 Å². The molecule has 0 aromatic heterocycles. The van der Waals surface area contributed by atoms with Gasteiger partial charge in [0.2, 0.25) is 0 Å². The van der Waals surface area contributed by atoms with Gasteiger partial charge in [0.1, 0.15) is 5.75 Å². The smallest absolute Gasteiger partial charge is 0.255 e. The van der Waals surface area contributed by atoms with Gasteiger partial charge in [0, 0.05) is 38.8 Å². The number of benzene rings is 1. The van der Waals surface area contributed by atoms with Crippen molar-refractivity contribution in [2.24, 2.45) is 10.7 Å². The quantitative estimate of drug-likeness (QED) is 0.258. The van der Waals surface area contributed by atoms with Gasteiger partial charge in [-0.25, -0.2) is 4.99 Å². The predicted molar refractivity (Wildman–Crippen MR) is 122 cm³/mol. The van der Waals surface area contributed by atoms with Crippen molar-refractivity contribution in [2.45, 2.75) is 25.9 Å². The molecule has 2 heterocycles. The van der Waals surface area contributed by atoms with Crippen molar-refractivity contribution in [3.8, 4) is 5.75 Å². The van der Waals surface area contributed by atoms with Crippen LogP contribution in [-0.2, 0) is 11.3 Å². The van der Waals surface area contributed by atoms with E-state index in [1.165, 1.54) is 6.42 Å². The van der Waals surface area contributed by atoms with Crippen LogP contribution in [0.3, 0.4) is 0 Å². The lowest BCUT2D eigenvalue weighted by molar-refractivity contribution is -0.119. The van der Waals surface area contributed by atoms with Gasteiger partial charge in [-0.05, 0) is 31.0 Å². The van der Waals surface area contributed by atoms with Crippen molar-refractivity contribution < 1.29 is 9.53 Å². The minimum absolute atomic E-state index is 0.